The predicted octanol–water partition coefficient (Wildman–Crippen LogP) is 3.39. The molecule has 0 aliphatic carbocycles. The monoisotopic (exact) mass is 513 g/mol. The van der Waals surface area contributed by atoms with Crippen molar-refractivity contribution in [3.8, 4) is 0 Å². The molecule has 0 spiro atoms. The van der Waals surface area contributed by atoms with Gasteiger partial charge in [-0.2, -0.15) is 5.10 Å². The summed E-state index contributed by atoms with van der Waals surface area (Å²) in [4.78, 5) is 39.0. The molecule has 1 unspecified atom stereocenters. The molecule has 35 heavy (non-hydrogen) atoms. The lowest BCUT2D eigenvalue weighted by molar-refractivity contribution is -0.134. The first kappa shape index (κ1) is 23.8. The minimum absolute atomic E-state index is 0. The molecule has 3 amide bonds. The maximum absolute atomic E-state index is 13.3. The maximum Gasteiger partial charge on any atom is 0.259 e. The van der Waals surface area contributed by atoms with E-state index in [1.165, 1.54) is 0 Å². The Morgan fingerprint density at radius 3 is 2.60 bits per heavy atom. The molecular formula is C25H25Cl2N5O3. The highest BCUT2D eigenvalue weighted by Gasteiger charge is 2.40. The van der Waals surface area contributed by atoms with Crippen LogP contribution in [0.3, 0.4) is 0 Å². The number of amides is 3. The number of imide groups is 1. The Hall–Kier alpha value is -2.94. The average molecular weight is 514 g/mol. The van der Waals surface area contributed by atoms with Crippen LogP contribution in [0.5, 0.6) is 0 Å². The van der Waals surface area contributed by atoms with Crippen molar-refractivity contribution in [2.75, 3.05) is 18.0 Å². The molecule has 4 heterocycles. The molecule has 182 valence electrons. The largest absolute Gasteiger partial charge is 0.317 e. The Morgan fingerprint density at radius 1 is 1.03 bits per heavy atom. The van der Waals surface area contributed by atoms with Crippen LogP contribution in [0.2, 0.25) is 5.15 Å². The number of carbonyl (C=O) groups is 3. The zero-order chi connectivity index (χ0) is 23.4. The molecule has 3 aliphatic rings. The van der Waals surface area contributed by atoms with E-state index in [2.05, 4.69) is 15.7 Å². The SMILES string of the molecule is Cl.O=C1CCC(N2C(=O)c3cccc4c(Cc5cn(C6CCNCC6)nc5Cl)ccc2c34)C(=O)N1. The molecule has 3 aromatic rings. The summed E-state index contributed by atoms with van der Waals surface area (Å²) < 4.78 is 1.99. The van der Waals surface area contributed by atoms with Crippen LogP contribution < -0.4 is 15.5 Å². The Balaban J connectivity index is 0.00000253. The van der Waals surface area contributed by atoms with Gasteiger partial charge in [-0.05, 0) is 55.4 Å². The highest BCUT2D eigenvalue weighted by Crippen LogP contribution is 2.41. The second kappa shape index (κ2) is 9.26. The minimum atomic E-state index is -0.690. The van der Waals surface area contributed by atoms with Crippen LogP contribution in [0, 0.1) is 0 Å². The first-order valence-corrected chi connectivity index (χ1v) is 12.0. The van der Waals surface area contributed by atoms with Crippen molar-refractivity contribution < 1.29 is 14.4 Å². The third-order valence-electron chi connectivity index (χ3n) is 7.16. The third-order valence-corrected chi connectivity index (χ3v) is 7.48. The van der Waals surface area contributed by atoms with Gasteiger partial charge in [-0.25, -0.2) is 0 Å². The van der Waals surface area contributed by atoms with Crippen molar-refractivity contribution >= 4 is 58.2 Å². The number of anilines is 1. The van der Waals surface area contributed by atoms with Gasteiger partial charge in [0.1, 0.15) is 6.04 Å². The first-order valence-electron chi connectivity index (χ1n) is 11.7. The Labute approximate surface area is 213 Å². The molecule has 1 aromatic heterocycles. The predicted molar refractivity (Wildman–Crippen MR) is 135 cm³/mol. The number of rotatable bonds is 4. The van der Waals surface area contributed by atoms with Crippen molar-refractivity contribution in [2.24, 2.45) is 0 Å². The molecule has 2 fully saturated rings. The van der Waals surface area contributed by atoms with Crippen LogP contribution in [-0.2, 0) is 16.0 Å². The number of nitrogens with zero attached hydrogens (tertiary/aromatic N) is 3. The number of hydrogen-bond donors (Lipinski definition) is 2. The number of nitrogens with one attached hydrogen (secondary N) is 2. The summed E-state index contributed by atoms with van der Waals surface area (Å²) in [5.74, 6) is -0.927. The van der Waals surface area contributed by atoms with Crippen molar-refractivity contribution in [3.63, 3.8) is 0 Å². The van der Waals surface area contributed by atoms with Gasteiger partial charge in [0.25, 0.3) is 5.91 Å². The summed E-state index contributed by atoms with van der Waals surface area (Å²) in [5, 5.41) is 12.6. The van der Waals surface area contributed by atoms with Crippen molar-refractivity contribution in [3.05, 3.63) is 58.4 Å². The lowest BCUT2D eigenvalue weighted by atomic mass is 9.97. The topological polar surface area (TPSA) is 96.3 Å². The molecule has 0 bridgehead atoms. The van der Waals surface area contributed by atoms with E-state index in [9.17, 15) is 14.4 Å². The fourth-order valence-electron chi connectivity index (χ4n) is 5.45. The van der Waals surface area contributed by atoms with Crippen molar-refractivity contribution in [1.82, 2.24) is 20.4 Å². The fourth-order valence-corrected chi connectivity index (χ4v) is 5.65. The number of halogens is 2. The number of aromatic nitrogens is 2. The van der Waals surface area contributed by atoms with Gasteiger partial charge in [-0.3, -0.25) is 29.3 Å². The number of piperidine rings is 2. The highest BCUT2D eigenvalue weighted by atomic mass is 35.5. The Bertz CT molecular complexity index is 1350. The molecule has 1 atom stereocenters. The van der Waals surface area contributed by atoms with Crippen LogP contribution in [0.15, 0.2) is 36.5 Å². The van der Waals surface area contributed by atoms with E-state index < -0.39 is 11.9 Å². The summed E-state index contributed by atoms with van der Waals surface area (Å²) in [6, 6.07) is 9.23. The van der Waals surface area contributed by atoms with Gasteiger partial charge in [0.2, 0.25) is 11.8 Å². The minimum Gasteiger partial charge on any atom is -0.317 e. The van der Waals surface area contributed by atoms with E-state index in [0.717, 1.165) is 47.8 Å². The molecule has 6 rings (SSSR count). The summed E-state index contributed by atoms with van der Waals surface area (Å²) in [7, 11) is 0. The standard InChI is InChI=1S/C25H24ClN5O3.ClH/c26-23-15(13-30(29-23)16-8-10-27-11-9-16)12-14-4-5-19-22-17(14)2-1-3-18(22)25(34)31(19)20-6-7-21(32)28-24(20)33;/h1-5,13,16,20,27H,6-12H2,(H,28,32,33);1H. The molecule has 8 nitrogen and oxygen atoms in total. The molecule has 0 saturated carbocycles. The normalized spacial score (nSPS) is 20.3. The molecule has 2 saturated heterocycles. The summed E-state index contributed by atoms with van der Waals surface area (Å²) in [5.41, 5.74) is 3.29. The first-order chi connectivity index (χ1) is 16.5. The van der Waals surface area contributed by atoms with Gasteiger partial charge < -0.3 is 5.32 Å². The molecule has 0 radical (unpaired) electrons. The molecule has 2 aromatic carbocycles. The summed E-state index contributed by atoms with van der Waals surface area (Å²) in [6.45, 7) is 1.95. The van der Waals surface area contributed by atoms with Crippen LogP contribution in [0.1, 0.15) is 53.2 Å². The van der Waals surface area contributed by atoms with Crippen molar-refractivity contribution in [2.45, 2.75) is 44.2 Å². The number of benzene rings is 2. The molecule has 2 N–H and O–H groups in total. The lowest BCUT2D eigenvalue weighted by Crippen LogP contribution is -2.53. The van der Waals surface area contributed by atoms with E-state index in [4.69, 9.17) is 11.6 Å². The second-order valence-corrected chi connectivity index (χ2v) is 9.56. The van der Waals surface area contributed by atoms with Crippen LogP contribution in [-0.4, -0.2) is 46.6 Å². The van der Waals surface area contributed by atoms with Crippen molar-refractivity contribution in [1.29, 1.82) is 0 Å². The summed E-state index contributed by atoms with van der Waals surface area (Å²) in [6.07, 6.45) is 5.23. The molecular weight excluding hydrogens is 489 g/mol. The van der Waals surface area contributed by atoms with Crippen LogP contribution >= 0.6 is 24.0 Å². The quantitative estimate of drug-likeness (QED) is 0.521. The Kier molecular flexibility index (Phi) is 6.29. The van der Waals surface area contributed by atoms with E-state index in [0.29, 0.717) is 35.3 Å². The van der Waals surface area contributed by atoms with Crippen LogP contribution in [0.4, 0.5) is 5.69 Å². The zero-order valence-electron chi connectivity index (χ0n) is 18.9. The van der Waals surface area contributed by atoms with Gasteiger partial charge in [-0.15, -0.1) is 12.4 Å². The molecule has 3 aliphatic heterocycles. The zero-order valence-corrected chi connectivity index (χ0v) is 20.5. The van der Waals surface area contributed by atoms with E-state index in [1.54, 1.807) is 11.0 Å². The highest BCUT2D eigenvalue weighted by molar-refractivity contribution is 6.30. The molecule has 10 heteroatoms. The average Bonchev–Trinajstić information content (AvgIpc) is 3.35. The number of carbonyl (C=O) groups excluding carboxylic acids is 3. The smallest absolute Gasteiger partial charge is 0.259 e. The van der Waals surface area contributed by atoms with Gasteiger partial charge >= 0.3 is 0 Å². The van der Waals surface area contributed by atoms with Gasteiger partial charge in [-0.1, -0.05) is 29.8 Å². The summed E-state index contributed by atoms with van der Waals surface area (Å²) >= 11 is 6.53. The second-order valence-electron chi connectivity index (χ2n) is 9.20. The third kappa shape index (κ3) is 3.99. The van der Waals surface area contributed by atoms with Gasteiger partial charge in [0.05, 0.1) is 11.7 Å². The lowest BCUT2D eigenvalue weighted by Gasteiger charge is -2.30. The van der Waals surface area contributed by atoms with E-state index >= 15 is 0 Å². The van der Waals surface area contributed by atoms with Crippen LogP contribution in [0.25, 0.3) is 10.8 Å². The number of hydrogen-bond acceptors (Lipinski definition) is 5. The van der Waals surface area contributed by atoms with Gasteiger partial charge in [0, 0.05) is 35.6 Å². The maximum atomic E-state index is 13.3. The van der Waals surface area contributed by atoms with E-state index in [1.807, 2.05) is 35.1 Å². The van der Waals surface area contributed by atoms with Gasteiger partial charge in [0.15, 0.2) is 5.15 Å². The van der Waals surface area contributed by atoms with E-state index in [-0.39, 0.29) is 30.6 Å². The fraction of sp³-hybridized carbons (Fsp3) is 0.360. The Morgan fingerprint density at radius 2 is 1.83 bits per heavy atom.